The number of benzene rings is 1. The van der Waals surface area contributed by atoms with Gasteiger partial charge in [-0.1, -0.05) is 6.07 Å². The third kappa shape index (κ3) is 4.61. The molecule has 2 rings (SSSR count). The van der Waals surface area contributed by atoms with Crippen LogP contribution in [0.1, 0.15) is 21.9 Å². The Morgan fingerprint density at radius 2 is 2.09 bits per heavy atom. The van der Waals surface area contributed by atoms with Crippen molar-refractivity contribution in [3.8, 4) is 0 Å². The lowest BCUT2D eigenvalue weighted by Gasteiger charge is -2.07. The second-order valence-electron chi connectivity index (χ2n) is 4.71. The van der Waals surface area contributed by atoms with Crippen LogP contribution in [0.2, 0.25) is 0 Å². The summed E-state index contributed by atoms with van der Waals surface area (Å²) in [5.74, 6) is 1.36. The molecule has 0 fully saturated rings. The Hall–Kier alpha value is -2.31. The molecule has 0 saturated carbocycles. The van der Waals surface area contributed by atoms with E-state index < -0.39 is 0 Å². The van der Waals surface area contributed by atoms with E-state index in [2.05, 4.69) is 10.6 Å². The van der Waals surface area contributed by atoms with Crippen LogP contribution in [-0.4, -0.2) is 31.3 Å². The Labute approximate surface area is 129 Å². The second-order valence-corrected chi connectivity index (χ2v) is 4.71. The summed E-state index contributed by atoms with van der Waals surface area (Å²) in [5, 5.41) is 14.5. The third-order valence-corrected chi connectivity index (χ3v) is 2.99. The first-order chi connectivity index (χ1) is 10.7. The van der Waals surface area contributed by atoms with Crippen LogP contribution < -0.4 is 10.6 Å². The molecular weight excluding hydrogens is 284 g/mol. The van der Waals surface area contributed by atoms with E-state index in [4.69, 9.17) is 14.3 Å². The molecule has 118 valence electrons. The lowest BCUT2D eigenvalue weighted by atomic mass is 10.2. The SMILES string of the molecule is COCc1ccc(CNc2cccc(C(=O)NCCO)c2)o1. The van der Waals surface area contributed by atoms with Crippen molar-refractivity contribution < 1.29 is 19.1 Å². The fourth-order valence-electron chi connectivity index (χ4n) is 1.97. The van der Waals surface area contributed by atoms with Gasteiger partial charge in [-0.25, -0.2) is 0 Å². The summed E-state index contributed by atoms with van der Waals surface area (Å²) in [6.07, 6.45) is 0. The number of nitrogens with one attached hydrogen (secondary N) is 2. The topological polar surface area (TPSA) is 83.7 Å². The molecule has 3 N–H and O–H groups in total. The van der Waals surface area contributed by atoms with Gasteiger partial charge in [0.05, 0.1) is 13.2 Å². The number of amides is 1. The molecule has 0 saturated heterocycles. The number of aliphatic hydroxyl groups is 1. The number of carbonyl (C=O) groups excluding carboxylic acids is 1. The molecule has 0 atom stereocenters. The monoisotopic (exact) mass is 304 g/mol. The van der Waals surface area contributed by atoms with Crippen molar-refractivity contribution in [3.63, 3.8) is 0 Å². The Balaban J connectivity index is 1.93. The van der Waals surface area contributed by atoms with Gasteiger partial charge in [0.2, 0.25) is 0 Å². The van der Waals surface area contributed by atoms with Gasteiger partial charge in [-0.05, 0) is 30.3 Å². The third-order valence-electron chi connectivity index (χ3n) is 2.99. The predicted molar refractivity (Wildman–Crippen MR) is 82.6 cm³/mol. The van der Waals surface area contributed by atoms with Crippen molar-refractivity contribution in [2.45, 2.75) is 13.2 Å². The quantitative estimate of drug-likeness (QED) is 0.692. The molecule has 6 nitrogen and oxygen atoms in total. The van der Waals surface area contributed by atoms with Gasteiger partial charge in [-0.15, -0.1) is 0 Å². The number of methoxy groups -OCH3 is 1. The standard InChI is InChI=1S/C16H20N2O4/c1-21-11-15-6-5-14(22-15)10-18-13-4-2-3-12(9-13)16(20)17-7-8-19/h2-6,9,18-19H,7-8,10-11H2,1H3,(H,17,20). The summed E-state index contributed by atoms with van der Waals surface area (Å²) in [6.45, 7) is 1.13. The maximum Gasteiger partial charge on any atom is 0.251 e. The number of hydrogen-bond donors (Lipinski definition) is 3. The van der Waals surface area contributed by atoms with Crippen molar-refractivity contribution in [3.05, 3.63) is 53.5 Å². The number of aliphatic hydroxyl groups excluding tert-OH is 1. The number of hydrogen-bond acceptors (Lipinski definition) is 5. The number of anilines is 1. The second kappa shape index (κ2) is 8.21. The highest BCUT2D eigenvalue weighted by atomic mass is 16.5. The van der Waals surface area contributed by atoms with Gasteiger partial charge in [0, 0.05) is 24.9 Å². The summed E-state index contributed by atoms with van der Waals surface area (Å²) in [7, 11) is 1.62. The van der Waals surface area contributed by atoms with Crippen LogP contribution in [0.15, 0.2) is 40.8 Å². The van der Waals surface area contributed by atoms with Crippen LogP contribution in [-0.2, 0) is 17.9 Å². The van der Waals surface area contributed by atoms with Crippen molar-refractivity contribution in [2.24, 2.45) is 0 Å². The Kier molecular flexibility index (Phi) is 6.00. The lowest BCUT2D eigenvalue weighted by molar-refractivity contribution is 0.0945. The molecule has 2 aromatic rings. The highest BCUT2D eigenvalue weighted by Gasteiger charge is 2.06. The number of carbonyl (C=O) groups is 1. The Morgan fingerprint density at radius 3 is 2.86 bits per heavy atom. The smallest absolute Gasteiger partial charge is 0.251 e. The largest absolute Gasteiger partial charge is 0.462 e. The molecule has 0 unspecified atom stereocenters. The molecule has 1 aromatic heterocycles. The highest BCUT2D eigenvalue weighted by molar-refractivity contribution is 5.95. The van der Waals surface area contributed by atoms with Crippen molar-refractivity contribution in [1.82, 2.24) is 5.32 Å². The van der Waals surface area contributed by atoms with E-state index in [1.54, 1.807) is 25.3 Å². The van der Waals surface area contributed by atoms with Gasteiger partial charge in [-0.3, -0.25) is 4.79 Å². The first-order valence-corrected chi connectivity index (χ1v) is 7.02. The van der Waals surface area contributed by atoms with Crippen LogP contribution in [0.25, 0.3) is 0 Å². The van der Waals surface area contributed by atoms with Crippen LogP contribution in [0.3, 0.4) is 0 Å². The maximum absolute atomic E-state index is 11.8. The minimum absolute atomic E-state index is 0.0774. The molecule has 0 aliphatic rings. The molecule has 1 aromatic carbocycles. The highest BCUT2D eigenvalue weighted by Crippen LogP contribution is 2.14. The van der Waals surface area contributed by atoms with Gasteiger partial charge >= 0.3 is 0 Å². The molecule has 22 heavy (non-hydrogen) atoms. The summed E-state index contributed by atoms with van der Waals surface area (Å²) in [4.78, 5) is 11.8. The normalized spacial score (nSPS) is 10.5. The summed E-state index contributed by atoms with van der Waals surface area (Å²) >= 11 is 0. The molecule has 1 amide bonds. The van der Waals surface area contributed by atoms with Crippen LogP contribution in [0.4, 0.5) is 5.69 Å². The number of rotatable bonds is 8. The van der Waals surface area contributed by atoms with Crippen LogP contribution in [0, 0.1) is 0 Å². The fraction of sp³-hybridized carbons (Fsp3) is 0.312. The first-order valence-electron chi connectivity index (χ1n) is 7.02. The average Bonchev–Trinajstić information content (AvgIpc) is 2.99. The van der Waals surface area contributed by atoms with E-state index >= 15 is 0 Å². The van der Waals surface area contributed by atoms with Gasteiger partial charge in [-0.2, -0.15) is 0 Å². The zero-order chi connectivity index (χ0) is 15.8. The summed E-state index contributed by atoms with van der Waals surface area (Å²) in [5.41, 5.74) is 1.36. The zero-order valence-electron chi connectivity index (χ0n) is 12.5. The Bertz CT molecular complexity index is 610. The van der Waals surface area contributed by atoms with Crippen LogP contribution >= 0.6 is 0 Å². The molecular formula is C16H20N2O4. The molecule has 0 bridgehead atoms. The first kappa shape index (κ1) is 16.1. The van der Waals surface area contributed by atoms with Crippen molar-refractivity contribution in [1.29, 1.82) is 0 Å². The molecule has 0 spiro atoms. The number of ether oxygens (including phenoxy) is 1. The van der Waals surface area contributed by atoms with Gasteiger partial charge in [0.25, 0.3) is 5.91 Å². The maximum atomic E-state index is 11.8. The fourth-order valence-corrected chi connectivity index (χ4v) is 1.97. The lowest BCUT2D eigenvalue weighted by Crippen LogP contribution is -2.26. The van der Waals surface area contributed by atoms with Crippen LogP contribution in [0.5, 0.6) is 0 Å². The minimum atomic E-state index is -0.210. The van der Waals surface area contributed by atoms with E-state index in [-0.39, 0.29) is 19.1 Å². The van der Waals surface area contributed by atoms with E-state index in [0.717, 1.165) is 17.2 Å². The van der Waals surface area contributed by atoms with E-state index in [1.165, 1.54) is 0 Å². The number of furan rings is 1. The van der Waals surface area contributed by atoms with Gasteiger partial charge in [0.15, 0.2) is 0 Å². The zero-order valence-corrected chi connectivity index (χ0v) is 12.5. The predicted octanol–water partition coefficient (Wildman–Crippen LogP) is 1.76. The Morgan fingerprint density at radius 1 is 1.27 bits per heavy atom. The van der Waals surface area contributed by atoms with E-state index in [1.807, 2.05) is 18.2 Å². The molecule has 0 aliphatic heterocycles. The van der Waals surface area contributed by atoms with Gasteiger partial charge in [0.1, 0.15) is 18.1 Å². The summed E-state index contributed by atoms with van der Waals surface area (Å²) in [6, 6.07) is 10.9. The average molecular weight is 304 g/mol. The van der Waals surface area contributed by atoms with Gasteiger partial charge < -0.3 is 24.9 Å². The molecule has 1 heterocycles. The molecule has 6 heteroatoms. The summed E-state index contributed by atoms with van der Waals surface area (Å²) < 4.78 is 10.6. The molecule has 0 radical (unpaired) electrons. The molecule has 0 aliphatic carbocycles. The van der Waals surface area contributed by atoms with E-state index in [9.17, 15) is 4.79 Å². The van der Waals surface area contributed by atoms with E-state index in [0.29, 0.717) is 18.7 Å². The minimum Gasteiger partial charge on any atom is -0.462 e. The van der Waals surface area contributed by atoms with Crippen molar-refractivity contribution >= 4 is 11.6 Å². The van der Waals surface area contributed by atoms with Crippen molar-refractivity contribution in [2.75, 3.05) is 25.6 Å².